The maximum Gasteiger partial charge on any atom is 0.0320 e. The summed E-state index contributed by atoms with van der Waals surface area (Å²) in [5, 5.41) is 3.50. The molecule has 20 heavy (non-hydrogen) atoms. The Morgan fingerprint density at radius 1 is 0.900 bits per heavy atom. The molecule has 1 nitrogen and oxygen atoms in total. The van der Waals surface area contributed by atoms with Crippen molar-refractivity contribution in [2.45, 2.75) is 77.7 Å². The Morgan fingerprint density at radius 3 is 2.20 bits per heavy atom. The minimum atomic E-state index is 0.529. The molecule has 1 atom stereocenters. The molecule has 0 amide bonds. The minimum Gasteiger partial charge on any atom is -0.313 e. The molecular weight excluding hydrogens is 242 g/mol. The molecule has 0 radical (unpaired) electrons. The van der Waals surface area contributed by atoms with Crippen molar-refractivity contribution in [1.29, 1.82) is 0 Å². The van der Waals surface area contributed by atoms with Crippen LogP contribution < -0.4 is 5.32 Å². The molecule has 114 valence electrons. The van der Waals surface area contributed by atoms with Gasteiger partial charge < -0.3 is 5.32 Å². The van der Waals surface area contributed by atoms with E-state index in [4.69, 9.17) is 0 Å². The third-order valence-electron chi connectivity index (χ3n) is 4.26. The van der Waals surface area contributed by atoms with E-state index in [9.17, 15) is 0 Å². The topological polar surface area (TPSA) is 12.0 Å². The number of rotatable bonds is 11. The second-order valence-corrected chi connectivity index (χ2v) is 5.80. The zero-order valence-electron chi connectivity index (χ0n) is 13.8. The number of nitrogens with one attached hydrogen (secondary N) is 1. The molecule has 0 bridgehead atoms. The lowest BCUT2D eigenvalue weighted by Gasteiger charge is -2.19. The first kappa shape index (κ1) is 17.2. The molecule has 1 rings (SSSR count). The second kappa shape index (κ2) is 10.9. The number of aryl methyl sites for hydroxylation is 1. The molecular formula is C19H33N. The third-order valence-corrected chi connectivity index (χ3v) is 4.26. The molecule has 0 aliphatic rings. The summed E-state index contributed by atoms with van der Waals surface area (Å²) in [5.74, 6) is 0. The number of hydrogen-bond acceptors (Lipinski definition) is 1. The first-order valence-corrected chi connectivity index (χ1v) is 8.58. The Balaban J connectivity index is 2.32. The largest absolute Gasteiger partial charge is 0.313 e. The van der Waals surface area contributed by atoms with E-state index in [-0.39, 0.29) is 0 Å². The Hall–Kier alpha value is -0.820. The van der Waals surface area contributed by atoms with Crippen molar-refractivity contribution >= 4 is 0 Å². The molecule has 1 N–H and O–H groups in total. The van der Waals surface area contributed by atoms with Gasteiger partial charge in [-0.3, -0.25) is 0 Å². The van der Waals surface area contributed by atoms with Crippen LogP contribution in [0, 0.1) is 0 Å². The van der Waals surface area contributed by atoms with Gasteiger partial charge in [-0.2, -0.15) is 0 Å². The van der Waals surface area contributed by atoms with Gasteiger partial charge >= 0.3 is 0 Å². The van der Waals surface area contributed by atoms with Crippen molar-refractivity contribution in [2.75, 3.05) is 7.05 Å². The summed E-state index contributed by atoms with van der Waals surface area (Å²) >= 11 is 0. The highest BCUT2D eigenvalue weighted by Gasteiger charge is 2.11. The molecule has 0 aliphatic carbocycles. The van der Waals surface area contributed by atoms with Crippen molar-refractivity contribution in [3.63, 3.8) is 0 Å². The summed E-state index contributed by atoms with van der Waals surface area (Å²) in [6.07, 6.45) is 12.1. The first-order chi connectivity index (χ1) is 9.83. The molecule has 0 saturated heterocycles. The van der Waals surface area contributed by atoms with Crippen molar-refractivity contribution < 1.29 is 0 Å². The monoisotopic (exact) mass is 275 g/mol. The van der Waals surface area contributed by atoms with Crippen LogP contribution in [-0.4, -0.2) is 7.05 Å². The van der Waals surface area contributed by atoms with Crippen LogP contribution in [0.2, 0.25) is 0 Å². The lowest BCUT2D eigenvalue weighted by atomic mass is 9.94. The molecule has 1 heteroatoms. The minimum absolute atomic E-state index is 0.529. The molecule has 0 aromatic heterocycles. The Morgan fingerprint density at radius 2 is 1.55 bits per heavy atom. The standard InChI is InChI=1S/C19H33N/c1-4-6-7-8-9-10-11-16-19(20-3)18-15-13-12-14-17(18)5-2/h12-15,19-20H,4-11,16H2,1-3H3. The fourth-order valence-corrected chi connectivity index (χ4v) is 2.96. The van der Waals surface area contributed by atoms with Gasteiger partial charge in [-0.15, -0.1) is 0 Å². The van der Waals surface area contributed by atoms with E-state index in [1.54, 1.807) is 0 Å². The quantitative estimate of drug-likeness (QED) is 0.514. The van der Waals surface area contributed by atoms with Crippen LogP contribution in [-0.2, 0) is 6.42 Å². The van der Waals surface area contributed by atoms with E-state index in [0.29, 0.717) is 6.04 Å². The van der Waals surface area contributed by atoms with Gasteiger partial charge in [-0.1, -0.05) is 83.1 Å². The third kappa shape index (κ3) is 6.09. The van der Waals surface area contributed by atoms with E-state index in [2.05, 4.69) is 50.5 Å². The van der Waals surface area contributed by atoms with E-state index >= 15 is 0 Å². The average Bonchev–Trinajstić information content (AvgIpc) is 2.50. The van der Waals surface area contributed by atoms with Crippen molar-refractivity contribution in [1.82, 2.24) is 5.32 Å². The van der Waals surface area contributed by atoms with Gasteiger partial charge in [-0.25, -0.2) is 0 Å². The maximum absolute atomic E-state index is 3.50. The Bertz CT molecular complexity index is 345. The van der Waals surface area contributed by atoms with Gasteiger partial charge in [0.05, 0.1) is 0 Å². The molecule has 0 saturated carbocycles. The van der Waals surface area contributed by atoms with Crippen LogP contribution in [0.25, 0.3) is 0 Å². The van der Waals surface area contributed by atoms with Crippen LogP contribution in [0.1, 0.15) is 82.4 Å². The van der Waals surface area contributed by atoms with E-state index in [1.807, 2.05) is 0 Å². The zero-order chi connectivity index (χ0) is 14.6. The summed E-state index contributed by atoms with van der Waals surface area (Å²) in [6.45, 7) is 4.53. The van der Waals surface area contributed by atoms with Crippen molar-refractivity contribution in [3.8, 4) is 0 Å². The lowest BCUT2D eigenvalue weighted by molar-refractivity contribution is 0.493. The highest BCUT2D eigenvalue weighted by molar-refractivity contribution is 5.29. The fourth-order valence-electron chi connectivity index (χ4n) is 2.96. The smallest absolute Gasteiger partial charge is 0.0320 e. The Labute approximate surface area is 126 Å². The highest BCUT2D eigenvalue weighted by Crippen LogP contribution is 2.23. The predicted octanol–water partition coefficient (Wildman–Crippen LogP) is 5.65. The number of benzene rings is 1. The van der Waals surface area contributed by atoms with Crippen LogP contribution >= 0.6 is 0 Å². The molecule has 1 aromatic carbocycles. The number of unbranched alkanes of at least 4 members (excludes halogenated alkanes) is 6. The SMILES string of the molecule is CCCCCCCCCC(NC)c1ccccc1CC. The van der Waals surface area contributed by atoms with Crippen LogP contribution in [0.3, 0.4) is 0 Å². The molecule has 0 heterocycles. The molecule has 0 spiro atoms. The second-order valence-electron chi connectivity index (χ2n) is 5.80. The average molecular weight is 275 g/mol. The summed E-state index contributed by atoms with van der Waals surface area (Å²) in [7, 11) is 2.10. The van der Waals surface area contributed by atoms with Gasteiger partial charge in [0.25, 0.3) is 0 Å². The van der Waals surface area contributed by atoms with E-state index in [0.717, 1.165) is 6.42 Å². The Kier molecular flexibility index (Phi) is 9.40. The van der Waals surface area contributed by atoms with Crippen LogP contribution in [0.5, 0.6) is 0 Å². The zero-order valence-corrected chi connectivity index (χ0v) is 13.8. The van der Waals surface area contributed by atoms with Gasteiger partial charge in [0.15, 0.2) is 0 Å². The molecule has 1 aromatic rings. The van der Waals surface area contributed by atoms with Crippen LogP contribution in [0.4, 0.5) is 0 Å². The fraction of sp³-hybridized carbons (Fsp3) is 0.684. The summed E-state index contributed by atoms with van der Waals surface area (Å²) < 4.78 is 0. The number of hydrogen-bond donors (Lipinski definition) is 1. The van der Waals surface area contributed by atoms with Crippen molar-refractivity contribution in [2.24, 2.45) is 0 Å². The summed E-state index contributed by atoms with van der Waals surface area (Å²) in [5.41, 5.74) is 3.00. The summed E-state index contributed by atoms with van der Waals surface area (Å²) in [4.78, 5) is 0. The van der Waals surface area contributed by atoms with Gasteiger partial charge in [0, 0.05) is 6.04 Å². The van der Waals surface area contributed by atoms with Gasteiger partial charge in [-0.05, 0) is 31.0 Å². The van der Waals surface area contributed by atoms with Gasteiger partial charge in [0.1, 0.15) is 0 Å². The summed E-state index contributed by atoms with van der Waals surface area (Å²) in [6, 6.07) is 9.42. The van der Waals surface area contributed by atoms with Gasteiger partial charge in [0.2, 0.25) is 0 Å². The van der Waals surface area contributed by atoms with Crippen molar-refractivity contribution in [3.05, 3.63) is 35.4 Å². The van der Waals surface area contributed by atoms with E-state index < -0.39 is 0 Å². The molecule has 0 aliphatic heterocycles. The highest BCUT2D eigenvalue weighted by atomic mass is 14.9. The first-order valence-electron chi connectivity index (χ1n) is 8.58. The van der Waals surface area contributed by atoms with Crippen LogP contribution in [0.15, 0.2) is 24.3 Å². The molecule has 0 fully saturated rings. The molecule has 1 unspecified atom stereocenters. The van der Waals surface area contributed by atoms with E-state index in [1.165, 1.54) is 62.5 Å². The lowest BCUT2D eigenvalue weighted by Crippen LogP contribution is -2.17. The predicted molar refractivity (Wildman–Crippen MR) is 90.2 cm³/mol. The normalized spacial score (nSPS) is 12.6. The maximum atomic E-state index is 3.50.